The van der Waals surface area contributed by atoms with Crippen molar-refractivity contribution in [1.29, 1.82) is 0 Å². The second-order valence-corrected chi connectivity index (χ2v) is 13.4. The molecule has 0 bridgehead atoms. The third-order valence-electron chi connectivity index (χ3n) is 7.35. The zero-order valence-corrected chi connectivity index (χ0v) is 28.4. The van der Waals surface area contributed by atoms with E-state index in [1.165, 1.54) is 11.4 Å². The Morgan fingerprint density at radius 1 is 0.795 bits per heavy atom. The van der Waals surface area contributed by atoms with Gasteiger partial charge in [-0.25, -0.2) is 0 Å². The molecule has 0 aliphatic carbocycles. The summed E-state index contributed by atoms with van der Waals surface area (Å²) in [6, 6.07) is 19.0. The summed E-state index contributed by atoms with van der Waals surface area (Å²) in [7, 11) is 15.5. The van der Waals surface area contributed by atoms with E-state index in [9.17, 15) is 0 Å². The molecule has 0 atom stereocenters. The average Bonchev–Trinajstić information content (AvgIpc) is 3.04. The minimum atomic E-state index is 0.873. The van der Waals surface area contributed by atoms with Crippen molar-refractivity contribution in [1.82, 2.24) is 4.90 Å². The van der Waals surface area contributed by atoms with Gasteiger partial charge in [0.15, 0.2) is 12.7 Å². The van der Waals surface area contributed by atoms with Gasteiger partial charge in [0.1, 0.15) is 11.5 Å². The number of hydrogen-bond donors (Lipinski definition) is 0. The predicted octanol–water partition coefficient (Wildman–Crippen LogP) is 7.14. The third kappa shape index (κ3) is 9.37. The molecule has 1 aromatic heterocycles. The van der Waals surface area contributed by atoms with Crippen LogP contribution in [0.4, 0.5) is 11.4 Å². The molecule has 1 aliphatic heterocycles. The molecule has 2 aromatic carbocycles. The molecule has 0 radical (unpaired) electrons. The SMILES string of the molecule is COc1cc(N(C)C)ccc1/C=C/C1=CC=CCN1CCSSCC[n+]1ccccc1/C=C/c1ccc(N(C)C)cc1OC. The van der Waals surface area contributed by atoms with Crippen molar-refractivity contribution in [2.75, 3.05) is 76.8 Å². The number of anilines is 2. The van der Waals surface area contributed by atoms with Crippen LogP contribution in [0, 0.1) is 0 Å². The van der Waals surface area contributed by atoms with Crippen LogP contribution in [0.5, 0.6) is 11.5 Å². The number of nitrogens with zero attached hydrogens (tertiary/aromatic N) is 4. The molecule has 3 aromatic rings. The average molecular weight is 630 g/mol. The highest BCUT2D eigenvalue weighted by Crippen LogP contribution is 2.28. The lowest BCUT2D eigenvalue weighted by Crippen LogP contribution is -2.37. The Morgan fingerprint density at radius 3 is 2.07 bits per heavy atom. The van der Waals surface area contributed by atoms with Crippen molar-refractivity contribution < 1.29 is 14.0 Å². The molecular weight excluding hydrogens is 585 g/mol. The summed E-state index contributed by atoms with van der Waals surface area (Å²) in [5.74, 6) is 3.84. The van der Waals surface area contributed by atoms with Gasteiger partial charge in [0.2, 0.25) is 5.69 Å². The van der Waals surface area contributed by atoms with Crippen LogP contribution >= 0.6 is 21.6 Å². The molecule has 4 rings (SSSR count). The van der Waals surface area contributed by atoms with Crippen LogP contribution in [0.3, 0.4) is 0 Å². The lowest BCUT2D eigenvalue weighted by molar-refractivity contribution is -0.694. The maximum atomic E-state index is 5.66. The standard InChI is InChI=1S/C36H45N4O2S2/c1-37(2)33-19-15-29(35(27-33)41-5)13-17-31-11-7-9-21-39(31)23-25-43-44-26-24-40-22-10-8-12-32(40)18-14-30-16-20-34(38(3)4)28-36(30)42-6/h7-21,27-28H,22-26H2,1-6H3/q+1/b18-14+. The number of hydrogen-bond acceptors (Lipinski definition) is 7. The molecule has 0 saturated carbocycles. The van der Waals surface area contributed by atoms with Crippen LogP contribution in [0.1, 0.15) is 16.8 Å². The number of methoxy groups -OCH3 is 2. The summed E-state index contributed by atoms with van der Waals surface area (Å²) in [5.41, 5.74) is 6.78. The first-order valence-electron chi connectivity index (χ1n) is 14.8. The molecule has 0 spiro atoms. The molecule has 0 N–H and O–H groups in total. The van der Waals surface area contributed by atoms with Gasteiger partial charge in [-0.3, -0.25) is 0 Å². The fraction of sp³-hybridized carbons (Fsp3) is 0.306. The van der Waals surface area contributed by atoms with Gasteiger partial charge in [-0.1, -0.05) is 33.7 Å². The first kappa shape index (κ1) is 33.1. The van der Waals surface area contributed by atoms with E-state index >= 15 is 0 Å². The maximum absolute atomic E-state index is 5.66. The Kier molecular flexibility index (Phi) is 12.8. The monoisotopic (exact) mass is 629 g/mol. The summed E-state index contributed by atoms with van der Waals surface area (Å²) < 4.78 is 13.6. The number of allylic oxidation sites excluding steroid dienone is 3. The van der Waals surface area contributed by atoms with Crippen LogP contribution in [0.15, 0.2) is 90.8 Å². The second kappa shape index (κ2) is 16.9. The Labute approximate surface area is 271 Å². The molecule has 0 amide bonds. The van der Waals surface area contributed by atoms with Crippen LogP contribution in [0.2, 0.25) is 0 Å². The largest absolute Gasteiger partial charge is 0.496 e. The van der Waals surface area contributed by atoms with Gasteiger partial charge in [0.25, 0.3) is 0 Å². The van der Waals surface area contributed by atoms with Crippen LogP contribution in [-0.2, 0) is 6.54 Å². The third-order valence-corrected chi connectivity index (χ3v) is 9.71. The van der Waals surface area contributed by atoms with Crippen molar-refractivity contribution in [2.24, 2.45) is 0 Å². The summed E-state index contributed by atoms with van der Waals surface area (Å²) >= 11 is 0. The van der Waals surface area contributed by atoms with Gasteiger partial charge >= 0.3 is 0 Å². The van der Waals surface area contributed by atoms with E-state index in [1.54, 1.807) is 14.2 Å². The zero-order valence-electron chi connectivity index (χ0n) is 26.8. The Balaban J connectivity index is 1.26. The lowest BCUT2D eigenvalue weighted by Gasteiger charge is -2.26. The predicted molar refractivity (Wildman–Crippen MR) is 193 cm³/mol. The smallest absolute Gasteiger partial charge is 0.205 e. The van der Waals surface area contributed by atoms with Crippen molar-refractivity contribution in [3.05, 3.63) is 108 Å². The number of aryl methyl sites for hydroxylation is 1. The number of pyridine rings is 1. The van der Waals surface area contributed by atoms with Crippen LogP contribution < -0.4 is 23.8 Å². The normalized spacial score (nSPS) is 13.0. The number of benzene rings is 2. The maximum Gasteiger partial charge on any atom is 0.205 e. The Bertz CT molecular complexity index is 1500. The summed E-state index contributed by atoms with van der Waals surface area (Å²) in [5, 5.41) is 0. The van der Waals surface area contributed by atoms with Crippen molar-refractivity contribution in [2.45, 2.75) is 6.54 Å². The zero-order chi connectivity index (χ0) is 31.3. The molecule has 232 valence electrons. The molecule has 0 fully saturated rings. The highest BCUT2D eigenvalue weighted by molar-refractivity contribution is 8.76. The Hall–Kier alpha value is -3.75. The van der Waals surface area contributed by atoms with Crippen molar-refractivity contribution in [3.63, 3.8) is 0 Å². The van der Waals surface area contributed by atoms with E-state index in [1.807, 2.05) is 49.8 Å². The number of ether oxygens (including phenoxy) is 2. The van der Waals surface area contributed by atoms with Gasteiger partial charge in [-0.2, -0.15) is 4.57 Å². The second-order valence-electron chi connectivity index (χ2n) is 10.7. The molecule has 44 heavy (non-hydrogen) atoms. The molecule has 2 heterocycles. The Morgan fingerprint density at radius 2 is 1.43 bits per heavy atom. The quantitative estimate of drug-likeness (QED) is 0.100. The highest BCUT2D eigenvalue weighted by atomic mass is 33.1. The van der Waals surface area contributed by atoms with Crippen LogP contribution in [-0.4, -0.2) is 71.9 Å². The van der Waals surface area contributed by atoms with Gasteiger partial charge in [-0.15, -0.1) is 0 Å². The summed E-state index contributed by atoms with van der Waals surface area (Å²) in [6.07, 6.45) is 17.3. The topological polar surface area (TPSA) is 32.1 Å². The lowest BCUT2D eigenvalue weighted by atomic mass is 10.1. The van der Waals surface area contributed by atoms with E-state index in [-0.39, 0.29) is 0 Å². The fourth-order valence-corrected chi connectivity index (χ4v) is 6.73. The molecule has 0 unspecified atom stereocenters. The van der Waals surface area contributed by atoms with E-state index in [2.05, 4.69) is 123 Å². The highest BCUT2D eigenvalue weighted by Gasteiger charge is 2.11. The molecule has 6 nitrogen and oxygen atoms in total. The van der Waals surface area contributed by atoms with E-state index in [0.29, 0.717) is 0 Å². The molecule has 1 aliphatic rings. The first-order chi connectivity index (χ1) is 21.4. The van der Waals surface area contributed by atoms with Crippen LogP contribution in [0.25, 0.3) is 18.2 Å². The van der Waals surface area contributed by atoms with Crippen molar-refractivity contribution >= 4 is 51.2 Å². The van der Waals surface area contributed by atoms with E-state index in [0.717, 1.165) is 65.1 Å². The van der Waals surface area contributed by atoms with Gasteiger partial charge < -0.3 is 24.2 Å². The summed E-state index contributed by atoms with van der Waals surface area (Å²) in [6.45, 7) is 2.87. The van der Waals surface area contributed by atoms with E-state index in [4.69, 9.17) is 9.47 Å². The fourth-order valence-electron chi connectivity index (χ4n) is 4.77. The minimum absolute atomic E-state index is 0.873. The molecule has 8 heteroatoms. The number of aromatic nitrogens is 1. The molecule has 0 saturated heterocycles. The minimum Gasteiger partial charge on any atom is -0.496 e. The van der Waals surface area contributed by atoms with Gasteiger partial charge in [-0.05, 0) is 54.6 Å². The van der Waals surface area contributed by atoms with Crippen molar-refractivity contribution in [3.8, 4) is 11.5 Å². The number of rotatable bonds is 15. The van der Waals surface area contributed by atoms with E-state index < -0.39 is 0 Å². The van der Waals surface area contributed by atoms with Gasteiger partial charge in [0, 0.05) is 106 Å². The van der Waals surface area contributed by atoms with Gasteiger partial charge in [0.05, 0.1) is 20.0 Å². The first-order valence-corrected chi connectivity index (χ1v) is 17.3. The summed E-state index contributed by atoms with van der Waals surface area (Å²) in [4.78, 5) is 6.59. The molecular formula is C36H45N4O2S2+.